The summed E-state index contributed by atoms with van der Waals surface area (Å²) in [7, 11) is 1.31. The molecule has 2 heterocycles. The summed E-state index contributed by atoms with van der Waals surface area (Å²) in [6, 6.07) is 0.701. The predicted molar refractivity (Wildman–Crippen MR) is 87.2 cm³/mol. The summed E-state index contributed by atoms with van der Waals surface area (Å²) in [6.07, 6.45) is -4.20. The highest BCUT2D eigenvalue weighted by Crippen LogP contribution is 2.50. The molecule has 0 unspecified atom stereocenters. The van der Waals surface area contributed by atoms with E-state index >= 15 is 0 Å². The lowest BCUT2D eigenvalue weighted by atomic mass is 9.87. The van der Waals surface area contributed by atoms with E-state index in [1.807, 2.05) is 0 Å². The van der Waals surface area contributed by atoms with Gasteiger partial charge in [-0.2, -0.15) is 13.2 Å². The summed E-state index contributed by atoms with van der Waals surface area (Å²) < 4.78 is 45.3. The fourth-order valence-corrected chi connectivity index (χ4v) is 4.65. The molecule has 0 bridgehead atoms. The third kappa shape index (κ3) is 3.09. The fraction of sp³-hybridized carbons (Fsp3) is 0.467. The van der Waals surface area contributed by atoms with Crippen molar-refractivity contribution in [3.8, 4) is 0 Å². The molecule has 0 aromatic heterocycles. The zero-order valence-corrected chi connectivity index (χ0v) is 14.6. The Labute approximate surface area is 150 Å². The van der Waals surface area contributed by atoms with Gasteiger partial charge in [-0.15, -0.1) is 11.8 Å². The molecule has 0 atom stereocenters. The number of thioether (sulfide) groups is 1. The van der Waals surface area contributed by atoms with Crippen LogP contribution in [0.25, 0.3) is 0 Å². The first kappa shape index (κ1) is 18.3. The normalized spacial score (nSPS) is 19.0. The highest BCUT2D eigenvalue weighted by Gasteiger charge is 2.45. The highest BCUT2D eigenvalue weighted by atomic mass is 35.5. The van der Waals surface area contributed by atoms with Crippen molar-refractivity contribution >= 4 is 41.4 Å². The summed E-state index contributed by atoms with van der Waals surface area (Å²) in [6.45, 7) is 1.05. The van der Waals surface area contributed by atoms with Gasteiger partial charge in [-0.1, -0.05) is 11.6 Å². The number of rotatable bonds is 2. The topological polar surface area (TPSA) is 58.6 Å². The van der Waals surface area contributed by atoms with Gasteiger partial charge in [-0.3, -0.25) is 9.59 Å². The van der Waals surface area contributed by atoms with Gasteiger partial charge >= 0.3 is 6.18 Å². The highest BCUT2D eigenvalue weighted by molar-refractivity contribution is 7.99. The van der Waals surface area contributed by atoms with Gasteiger partial charge in [-0.25, -0.2) is 0 Å². The first-order valence-electron chi connectivity index (χ1n) is 7.31. The lowest BCUT2D eigenvalue weighted by Crippen LogP contribution is -2.52. The number of nitrogens with zero attached hydrogens (tertiary/aromatic N) is 1. The van der Waals surface area contributed by atoms with Crippen LogP contribution in [0.2, 0.25) is 5.02 Å². The smallest absolute Gasteiger partial charge is 0.380 e. The van der Waals surface area contributed by atoms with Crippen LogP contribution < -0.4 is 10.2 Å². The lowest BCUT2D eigenvalue weighted by molar-refractivity contribution is -0.137. The van der Waals surface area contributed by atoms with Crippen LogP contribution in [0.15, 0.2) is 11.0 Å². The Morgan fingerprint density at radius 3 is 2.64 bits per heavy atom. The van der Waals surface area contributed by atoms with Crippen LogP contribution in [0.5, 0.6) is 0 Å². The zero-order valence-electron chi connectivity index (χ0n) is 13.1. The fourth-order valence-electron chi connectivity index (χ4n) is 2.92. The molecule has 1 aromatic rings. The van der Waals surface area contributed by atoms with Gasteiger partial charge in [0, 0.05) is 24.8 Å². The Hall–Kier alpha value is -1.45. The van der Waals surface area contributed by atoms with Crippen molar-refractivity contribution < 1.29 is 27.5 Å². The third-order valence-corrected chi connectivity index (χ3v) is 6.18. The number of ether oxygens (including phenoxy) is 1. The second kappa shape index (κ2) is 6.37. The van der Waals surface area contributed by atoms with E-state index in [1.54, 1.807) is 0 Å². The van der Waals surface area contributed by atoms with Crippen molar-refractivity contribution in [2.45, 2.75) is 11.1 Å². The van der Waals surface area contributed by atoms with E-state index in [0.29, 0.717) is 31.4 Å². The number of halogens is 4. The average Bonchev–Trinajstić information content (AvgIpc) is 2.71. The van der Waals surface area contributed by atoms with Gasteiger partial charge < -0.3 is 15.0 Å². The van der Waals surface area contributed by atoms with Crippen LogP contribution in [-0.4, -0.2) is 44.9 Å². The van der Waals surface area contributed by atoms with Gasteiger partial charge in [0.05, 0.1) is 39.9 Å². The molecule has 2 aliphatic rings. The van der Waals surface area contributed by atoms with Crippen molar-refractivity contribution in [1.29, 1.82) is 0 Å². The number of hydrogen-bond acceptors (Lipinski definition) is 4. The summed E-state index contributed by atoms with van der Waals surface area (Å²) in [5.41, 5.74) is -1.57. The number of fused-ring (bicyclic) bond motifs is 1. The van der Waals surface area contributed by atoms with Crippen LogP contribution in [0, 0.1) is 5.41 Å². The molecule has 25 heavy (non-hydrogen) atoms. The zero-order chi connectivity index (χ0) is 18.4. The molecule has 1 aromatic carbocycles. The van der Waals surface area contributed by atoms with Crippen molar-refractivity contribution in [1.82, 2.24) is 5.32 Å². The summed E-state index contributed by atoms with van der Waals surface area (Å²) in [4.78, 5) is 25.2. The second-order valence-electron chi connectivity index (χ2n) is 6.06. The SMILES string of the molecule is CNC(=O)c1cc(C(F)(F)F)c(Cl)c2c1N(C=O)CC1(COC1)CS2. The first-order valence-corrected chi connectivity index (χ1v) is 8.67. The Morgan fingerprint density at radius 1 is 1.48 bits per heavy atom. The van der Waals surface area contributed by atoms with Gasteiger partial charge in [0.2, 0.25) is 6.41 Å². The maximum absolute atomic E-state index is 13.3. The molecular weight excluding hydrogens is 381 g/mol. The van der Waals surface area contributed by atoms with Gasteiger partial charge in [-0.05, 0) is 6.07 Å². The van der Waals surface area contributed by atoms with Crippen LogP contribution in [-0.2, 0) is 15.7 Å². The molecule has 2 amide bonds. The Balaban J connectivity index is 2.24. The summed E-state index contributed by atoms with van der Waals surface area (Å²) >= 11 is 7.15. The molecule has 5 nitrogen and oxygen atoms in total. The Kier molecular flexibility index (Phi) is 4.67. The number of benzene rings is 1. The van der Waals surface area contributed by atoms with E-state index in [4.69, 9.17) is 16.3 Å². The number of hydrogen-bond donors (Lipinski definition) is 1. The Morgan fingerprint density at radius 2 is 2.16 bits per heavy atom. The van der Waals surface area contributed by atoms with Crippen LogP contribution >= 0.6 is 23.4 Å². The number of amides is 2. The van der Waals surface area contributed by atoms with Crippen molar-refractivity contribution in [2.75, 3.05) is 37.5 Å². The molecular formula is C15H14ClF3N2O3S. The Bertz CT molecular complexity index is 738. The maximum Gasteiger partial charge on any atom is 0.417 e. The van der Waals surface area contributed by atoms with Crippen molar-refractivity contribution in [3.63, 3.8) is 0 Å². The van der Waals surface area contributed by atoms with Crippen molar-refractivity contribution in [3.05, 3.63) is 22.2 Å². The van der Waals surface area contributed by atoms with E-state index < -0.39 is 22.7 Å². The third-order valence-electron chi connectivity index (χ3n) is 4.23. The molecule has 2 aliphatic heterocycles. The number of anilines is 1. The number of alkyl halides is 3. The van der Waals surface area contributed by atoms with Gasteiger partial charge in [0.15, 0.2) is 0 Å². The van der Waals surface area contributed by atoms with Gasteiger partial charge in [0.25, 0.3) is 5.91 Å². The second-order valence-corrected chi connectivity index (χ2v) is 7.42. The molecule has 10 heteroatoms. The molecule has 0 aliphatic carbocycles. The number of nitrogens with one attached hydrogen (secondary N) is 1. The van der Waals surface area contributed by atoms with Gasteiger partial charge in [0.1, 0.15) is 0 Å². The number of carbonyl (C=O) groups is 2. The quantitative estimate of drug-likeness (QED) is 0.784. The molecule has 0 saturated carbocycles. The van der Waals surface area contributed by atoms with Crippen LogP contribution in [0.4, 0.5) is 18.9 Å². The summed E-state index contributed by atoms with van der Waals surface area (Å²) in [5, 5.41) is 1.82. The lowest BCUT2D eigenvalue weighted by Gasteiger charge is -2.41. The maximum atomic E-state index is 13.3. The minimum atomic E-state index is -4.72. The standard InChI is InChI=1S/C15H14ClF3N2O3S/c1-20-13(23)8-2-9(15(17,18)19)10(16)12-11(8)21(7-22)3-14(6-25-12)4-24-5-14/h2,7H,3-6H2,1H3,(H,20,23). The molecule has 1 fully saturated rings. The predicted octanol–water partition coefficient (Wildman–Crippen LogP) is 2.80. The molecule has 3 rings (SSSR count). The van der Waals surface area contributed by atoms with E-state index in [2.05, 4.69) is 5.32 Å². The molecule has 0 radical (unpaired) electrons. The molecule has 136 valence electrons. The number of carbonyl (C=O) groups excluding carboxylic acids is 2. The molecule has 1 N–H and O–H groups in total. The van der Waals surface area contributed by atoms with E-state index in [0.717, 1.165) is 11.8 Å². The van der Waals surface area contributed by atoms with E-state index in [-0.39, 0.29) is 28.1 Å². The molecule has 1 spiro atoms. The first-order chi connectivity index (χ1) is 11.7. The van der Waals surface area contributed by atoms with Crippen LogP contribution in [0.1, 0.15) is 15.9 Å². The minimum Gasteiger partial charge on any atom is -0.380 e. The average molecular weight is 395 g/mol. The van der Waals surface area contributed by atoms with E-state index in [1.165, 1.54) is 11.9 Å². The minimum absolute atomic E-state index is 0.0889. The monoisotopic (exact) mass is 394 g/mol. The molecule has 1 saturated heterocycles. The largest absolute Gasteiger partial charge is 0.417 e. The van der Waals surface area contributed by atoms with E-state index in [9.17, 15) is 22.8 Å². The van der Waals surface area contributed by atoms with Crippen LogP contribution in [0.3, 0.4) is 0 Å². The van der Waals surface area contributed by atoms with Crippen molar-refractivity contribution in [2.24, 2.45) is 5.41 Å². The summed E-state index contributed by atoms with van der Waals surface area (Å²) in [5.74, 6) is -0.273.